The first-order chi connectivity index (χ1) is 4.62. The molecule has 0 atom stereocenters. The smallest absolute Gasteiger partial charge is 0.118 e. The van der Waals surface area contributed by atoms with Gasteiger partial charge in [0.05, 0.1) is 11.9 Å². The van der Waals surface area contributed by atoms with E-state index in [0.29, 0.717) is 6.61 Å². The highest BCUT2D eigenvalue weighted by molar-refractivity contribution is 4.76. The van der Waals surface area contributed by atoms with Crippen molar-refractivity contribution < 1.29 is 4.74 Å². The fourth-order valence-corrected chi connectivity index (χ4v) is 0.752. The molecule has 0 fully saturated rings. The molecule has 0 aliphatic rings. The highest BCUT2D eigenvalue weighted by Crippen LogP contribution is 2.01. The summed E-state index contributed by atoms with van der Waals surface area (Å²) in [6, 6.07) is 0. The van der Waals surface area contributed by atoms with Gasteiger partial charge in [-0.15, -0.1) is 0 Å². The zero-order chi connectivity index (χ0) is 8.04. The molecule has 0 heterocycles. The second-order valence-electron chi connectivity index (χ2n) is 2.46. The average molecular weight is 144 g/mol. The predicted molar refractivity (Wildman–Crippen MR) is 42.2 cm³/mol. The second kappa shape index (κ2) is 4.30. The van der Waals surface area contributed by atoms with E-state index in [4.69, 9.17) is 16.2 Å². The molecule has 0 aromatic heterocycles. The van der Waals surface area contributed by atoms with Gasteiger partial charge in [0, 0.05) is 0 Å². The normalized spacial score (nSPS) is 11.1. The van der Waals surface area contributed by atoms with E-state index in [1.54, 1.807) is 0 Å². The van der Waals surface area contributed by atoms with E-state index in [-0.39, 0.29) is 0 Å². The highest BCUT2D eigenvalue weighted by atomic mass is 16.5. The van der Waals surface area contributed by atoms with Crippen LogP contribution in [0.4, 0.5) is 0 Å². The number of hydrogen-bond donors (Lipinski definition) is 2. The zero-order valence-electron chi connectivity index (χ0n) is 6.47. The first kappa shape index (κ1) is 9.46. The Hall–Kier alpha value is -0.540. The summed E-state index contributed by atoms with van der Waals surface area (Å²) in [6.45, 7) is 5.76. The van der Waals surface area contributed by atoms with Crippen molar-refractivity contribution in [2.24, 2.45) is 11.5 Å². The minimum Gasteiger partial charge on any atom is -0.498 e. The average Bonchev–Trinajstić information content (AvgIpc) is 1.84. The number of nitrogens with two attached hydrogens (primary N) is 2. The van der Waals surface area contributed by atoms with Crippen LogP contribution in [0.15, 0.2) is 12.8 Å². The quantitative estimate of drug-likeness (QED) is 0.438. The summed E-state index contributed by atoms with van der Waals surface area (Å²) in [5.41, 5.74) is 10.5. The number of rotatable bonds is 5. The summed E-state index contributed by atoms with van der Waals surface area (Å²) in [5, 5.41) is 0. The lowest BCUT2D eigenvalue weighted by molar-refractivity contribution is 0.166. The molecule has 0 aromatic rings. The van der Waals surface area contributed by atoms with Crippen LogP contribution in [0.2, 0.25) is 0 Å². The molecule has 3 heteroatoms. The lowest BCUT2D eigenvalue weighted by Gasteiger charge is -2.22. The topological polar surface area (TPSA) is 61.3 Å². The van der Waals surface area contributed by atoms with Gasteiger partial charge in [-0.25, -0.2) is 0 Å². The molecule has 0 saturated heterocycles. The van der Waals surface area contributed by atoms with E-state index in [2.05, 4.69) is 6.58 Å². The number of hydrogen-bond acceptors (Lipinski definition) is 3. The van der Waals surface area contributed by atoms with E-state index < -0.39 is 5.66 Å². The van der Waals surface area contributed by atoms with Gasteiger partial charge < -0.3 is 16.2 Å². The molecule has 0 radical (unpaired) electrons. The van der Waals surface area contributed by atoms with Gasteiger partial charge in [-0.05, 0) is 6.42 Å². The largest absolute Gasteiger partial charge is 0.498 e. The Balaban J connectivity index is 3.51. The fourth-order valence-electron chi connectivity index (χ4n) is 0.752. The molecule has 0 aromatic carbocycles. The van der Waals surface area contributed by atoms with Crippen molar-refractivity contribution in [2.75, 3.05) is 6.61 Å². The molecule has 0 aliphatic carbocycles. The molecule has 0 aliphatic heterocycles. The van der Waals surface area contributed by atoms with Gasteiger partial charge in [0.25, 0.3) is 0 Å². The Bertz CT molecular complexity index is 102. The van der Waals surface area contributed by atoms with Crippen LogP contribution in [0.5, 0.6) is 0 Å². The van der Waals surface area contributed by atoms with Crippen LogP contribution in [0.25, 0.3) is 0 Å². The lowest BCUT2D eigenvalue weighted by atomic mass is 10.1. The van der Waals surface area contributed by atoms with Gasteiger partial charge >= 0.3 is 0 Å². The minimum atomic E-state index is -0.692. The maximum absolute atomic E-state index is 5.62. The van der Waals surface area contributed by atoms with Crippen LogP contribution in [-0.4, -0.2) is 12.3 Å². The molecule has 0 bridgehead atoms. The summed E-state index contributed by atoms with van der Waals surface area (Å²) in [7, 11) is 0. The van der Waals surface area contributed by atoms with Gasteiger partial charge in [0.2, 0.25) is 0 Å². The van der Waals surface area contributed by atoms with Gasteiger partial charge in [-0.1, -0.05) is 19.9 Å². The van der Waals surface area contributed by atoms with Crippen LogP contribution >= 0.6 is 0 Å². The van der Waals surface area contributed by atoms with Crippen LogP contribution in [0.1, 0.15) is 19.8 Å². The minimum absolute atomic E-state index is 0.338. The summed E-state index contributed by atoms with van der Waals surface area (Å²) < 4.78 is 4.86. The van der Waals surface area contributed by atoms with E-state index in [0.717, 1.165) is 12.8 Å². The molecule has 10 heavy (non-hydrogen) atoms. The molecular formula is C7H16N2O. The lowest BCUT2D eigenvalue weighted by Crippen LogP contribution is -2.52. The van der Waals surface area contributed by atoms with Crippen molar-refractivity contribution >= 4 is 0 Å². The molecule has 3 nitrogen and oxygen atoms in total. The molecule has 0 amide bonds. The Morgan fingerprint density at radius 3 is 2.60 bits per heavy atom. The third-order valence-corrected chi connectivity index (χ3v) is 1.19. The van der Waals surface area contributed by atoms with Crippen molar-refractivity contribution in [3.8, 4) is 0 Å². The van der Waals surface area contributed by atoms with Crippen LogP contribution in [0.3, 0.4) is 0 Å². The third-order valence-electron chi connectivity index (χ3n) is 1.19. The Morgan fingerprint density at radius 1 is 1.60 bits per heavy atom. The van der Waals surface area contributed by atoms with E-state index in [1.165, 1.54) is 6.26 Å². The highest BCUT2D eigenvalue weighted by Gasteiger charge is 2.17. The maximum atomic E-state index is 5.62. The van der Waals surface area contributed by atoms with Crippen molar-refractivity contribution in [1.82, 2.24) is 0 Å². The standard InChI is InChI=1S/C7H16N2O/c1-3-5-7(8,9)6-10-4-2/h4H,2-3,5-6,8-9H2,1H3. The third kappa shape index (κ3) is 4.35. The van der Waals surface area contributed by atoms with Crippen molar-refractivity contribution in [3.05, 3.63) is 12.8 Å². The Kier molecular flexibility index (Phi) is 4.07. The summed E-state index contributed by atoms with van der Waals surface area (Å²) in [6.07, 6.45) is 3.08. The monoisotopic (exact) mass is 144 g/mol. The maximum Gasteiger partial charge on any atom is 0.118 e. The SMILES string of the molecule is C=COCC(N)(N)CCC. The first-order valence-corrected chi connectivity index (χ1v) is 3.42. The van der Waals surface area contributed by atoms with E-state index >= 15 is 0 Å². The molecule has 60 valence electrons. The molecule has 0 spiro atoms. The molecule has 0 rings (SSSR count). The van der Waals surface area contributed by atoms with E-state index in [9.17, 15) is 0 Å². The summed E-state index contributed by atoms with van der Waals surface area (Å²) in [5.74, 6) is 0. The zero-order valence-corrected chi connectivity index (χ0v) is 6.47. The Labute approximate surface area is 62.0 Å². The van der Waals surface area contributed by atoms with Crippen molar-refractivity contribution in [2.45, 2.75) is 25.4 Å². The summed E-state index contributed by atoms with van der Waals surface area (Å²) >= 11 is 0. The molecule has 4 N–H and O–H groups in total. The van der Waals surface area contributed by atoms with Crippen LogP contribution in [0, 0.1) is 0 Å². The van der Waals surface area contributed by atoms with Crippen LogP contribution in [-0.2, 0) is 4.74 Å². The summed E-state index contributed by atoms with van der Waals surface area (Å²) in [4.78, 5) is 0. The van der Waals surface area contributed by atoms with Gasteiger partial charge in [0.1, 0.15) is 6.61 Å². The molecule has 0 saturated carbocycles. The Morgan fingerprint density at radius 2 is 2.20 bits per heavy atom. The van der Waals surface area contributed by atoms with Gasteiger partial charge in [-0.3, -0.25) is 0 Å². The van der Waals surface area contributed by atoms with Crippen molar-refractivity contribution in [3.63, 3.8) is 0 Å². The van der Waals surface area contributed by atoms with Gasteiger partial charge in [0.15, 0.2) is 0 Å². The predicted octanol–water partition coefficient (Wildman–Crippen LogP) is 0.560. The van der Waals surface area contributed by atoms with E-state index in [1.807, 2.05) is 6.92 Å². The van der Waals surface area contributed by atoms with Gasteiger partial charge in [-0.2, -0.15) is 0 Å². The fraction of sp³-hybridized carbons (Fsp3) is 0.714. The molecule has 0 unspecified atom stereocenters. The van der Waals surface area contributed by atoms with Crippen LogP contribution < -0.4 is 11.5 Å². The molecular weight excluding hydrogens is 128 g/mol. The van der Waals surface area contributed by atoms with Crippen molar-refractivity contribution in [1.29, 1.82) is 0 Å². The second-order valence-corrected chi connectivity index (χ2v) is 2.46. The number of ether oxygens (including phenoxy) is 1. The first-order valence-electron chi connectivity index (χ1n) is 3.42.